The highest BCUT2D eigenvalue weighted by Gasteiger charge is 2.19. The zero-order valence-electron chi connectivity index (χ0n) is 16.9. The molecule has 5 aromatic rings. The van der Waals surface area contributed by atoms with Crippen LogP contribution >= 0.6 is 22.7 Å². The van der Waals surface area contributed by atoms with E-state index in [4.69, 9.17) is 0 Å². The first-order valence-electron chi connectivity index (χ1n) is 9.79. The maximum absolute atomic E-state index is 13.0. The van der Waals surface area contributed by atoms with E-state index in [2.05, 4.69) is 20.0 Å². The molecule has 7 nitrogen and oxygen atoms in total. The Morgan fingerprint density at radius 2 is 1.58 bits per heavy atom. The second-order valence-electron chi connectivity index (χ2n) is 6.94. The third kappa shape index (κ3) is 4.49. The number of thiazole rings is 2. The summed E-state index contributed by atoms with van der Waals surface area (Å²) < 4.78 is 29.0. The van der Waals surface area contributed by atoms with E-state index < -0.39 is 15.9 Å². The minimum atomic E-state index is -3.84. The topological polar surface area (TPSA) is 101 Å². The fraction of sp³-hybridized carbons (Fsp3) is 0. The summed E-state index contributed by atoms with van der Waals surface area (Å²) in [7, 11) is -3.84. The molecule has 0 aliphatic carbocycles. The number of rotatable bonds is 6. The zero-order chi connectivity index (χ0) is 22.8. The molecular weight excluding hydrogens is 476 g/mol. The van der Waals surface area contributed by atoms with Crippen molar-refractivity contribution >= 4 is 59.6 Å². The van der Waals surface area contributed by atoms with Gasteiger partial charge in [-0.2, -0.15) is 0 Å². The first-order valence-corrected chi connectivity index (χ1v) is 13.0. The van der Waals surface area contributed by atoms with Gasteiger partial charge in [0, 0.05) is 5.38 Å². The average molecular weight is 493 g/mol. The molecule has 0 aliphatic heterocycles. The van der Waals surface area contributed by atoms with Crippen LogP contribution in [0.5, 0.6) is 0 Å². The third-order valence-corrected chi connectivity index (χ3v) is 7.91. The zero-order valence-corrected chi connectivity index (χ0v) is 19.4. The number of amides is 1. The van der Waals surface area contributed by atoms with E-state index in [-0.39, 0.29) is 16.1 Å². The molecule has 3 aromatic carbocycles. The van der Waals surface area contributed by atoms with Gasteiger partial charge in [0.1, 0.15) is 10.7 Å². The van der Waals surface area contributed by atoms with E-state index in [9.17, 15) is 13.2 Å². The van der Waals surface area contributed by atoms with E-state index in [0.29, 0.717) is 10.8 Å². The maximum atomic E-state index is 13.0. The largest absolute Gasteiger partial charge is 0.298 e. The molecule has 0 saturated heterocycles. The molecule has 164 valence electrons. The smallest absolute Gasteiger partial charge is 0.261 e. The van der Waals surface area contributed by atoms with Gasteiger partial charge in [-0.15, -0.1) is 22.7 Å². The summed E-state index contributed by atoms with van der Waals surface area (Å²) in [6, 6.07) is 22.3. The maximum Gasteiger partial charge on any atom is 0.261 e. The fourth-order valence-electron chi connectivity index (χ4n) is 3.15. The Labute approximate surface area is 197 Å². The summed E-state index contributed by atoms with van der Waals surface area (Å²) in [5, 5.41) is 5.75. The second-order valence-corrected chi connectivity index (χ2v) is 10.5. The van der Waals surface area contributed by atoms with Gasteiger partial charge < -0.3 is 0 Å². The Kier molecular flexibility index (Phi) is 5.63. The van der Waals surface area contributed by atoms with Crippen LogP contribution in [0.2, 0.25) is 0 Å². The van der Waals surface area contributed by atoms with Crippen molar-refractivity contribution in [3.05, 3.63) is 89.8 Å². The average Bonchev–Trinajstić information content (AvgIpc) is 3.46. The number of fused-ring (bicyclic) bond motifs is 1. The van der Waals surface area contributed by atoms with Crippen LogP contribution in [0, 0.1) is 0 Å². The van der Waals surface area contributed by atoms with Crippen LogP contribution in [0.1, 0.15) is 10.4 Å². The molecule has 2 aromatic heterocycles. The fourth-order valence-corrected chi connectivity index (χ4v) is 5.94. The Balaban J connectivity index is 1.37. The molecule has 0 radical (unpaired) electrons. The molecule has 0 fully saturated rings. The van der Waals surface area contributed by atoms with Crippen LogP contribution < -0.4 is 10.0 Å². The molecular formula is C23H16N4O3S3. The van der Waals surface area contributed by atoms with Crippen molar-refractivity contribution in [1.82, 2.24) is 9.97 Å². The quantitative estimate of drug-likeness (QED) is 0.327. The van der Waals surface area contributed by atoms with E-state index >= 15 is 0 Å². The van der Waals surface area contributed by atoms with Gasteiger partial charge in [0.25, 0.3) is 15.9 Å². The number of benzene rings is 3. The Hall–Kier alpha value is -3.60. The standard InChI is InChI=1S/C23H16N4O3S3/c28-21(16-10-4-5-11-17(16)27-33(29,30)15-8-2-1-3-9-15)26-23-25-19(14-31-23)22-24-18-12-6-7-13-20(18)32-22/h1-14,27H,(H,25,26,28). The lowest BCUT2D eigenvalue weighted by molar-refractivity contribution is 0.102. The van der Waals surface area contributed by atoms with Gasteiger partial charge in [0.15, 0.2) is 5.13 Å². The summed E-state index contributed by atoms with van der Waals surface area (Å²) in [4.78, 5) is 22.1. The van der Waals surface area contributed by atoms with Gasteiger partial charge in [-0.3, -0.25) is 14.8 Å². The Morgan fingerprint density at radius 3 is 2.39 bits per heavy atom. The number of anilines is 2. The van der Waals surface area contributed by atoms with Crippen molar-refractivity contribution in [2.45, 2.75) is 4.90 Å². The van der Waals surface area contributed by atoms with Gasteiger partial charge >= 0.3 is 0 Å². The van der Waals surface area contributed by atoms with E-state index in [0.717, 1.165) is 15.2 Å². The van der Waals surface area contributed by atoms with Crippen LogP contribution in [-0.4, -0.2) is 24.3 Å². The number of nitrogens with one attached hydrogen (secondary N) is 2. The van der Waals surface area contributed by atoms with E-state index in [1.807, 2.05) is 29.6 Å². The molecule has 2 N–H and O–H groups in total. The minimum absolute atomic E-state index is 0.112. The Morgan fingerprint density at radius 1 is 0.848 bits per heavy atom. The molecule has 0 bridgehead atoms. The van der Waals surface area contributed by atoms with Gasteiger partial charge in [0.05, 0.1) is 26.4 Å². The van der Waals surface area contributed by atoms with Crippen LogP contribution in [0.15, 0.2) is 89.1 Å². The highest BCUT2D eigenvalue weighted by atomic mass is 32.2. The monoisotopic (exact) mass is 492 g/mol. The van der Waals surface area contributed by atoms with Crippen LogP contribution in [0.4, 0.5) is 10.8 Å². The van der Waals surface area contributed by atoms with E-state index in [1.54, 1.807) is 42.5 Å². The van der Waals surface area contributed by atoms with Crippen LogP contribution in [0.25, 0.3) is 20.9 Å². The molecule has 0 spiro atoms. The summed E-state index contributed by atoms with van der Waals surface area (Å²) in [5.41, 5.74) is 1.95. The molecule has 10 heteroatoms. The second kappa shape index (κ2) is 8.74. The van der Waals surface area contributed by atoms with Crippen LogP contribution in [0.3, 0.4) is 0 Å². The first-order chi connectivity index (χ1) is 16.0. The number of hydrogen-bond donors (Lipinski definition) is 2. The summed E-state index contributed by atoms with van der Waals surface area (Å²) >= 11 is 2.81. The van der Waals surface area contributed by atoms with Gasteiger partial charge in [-0.05, 0) is 36.4 Å². The highest BCUT2D eigenvalue weighted by molar-refractivity contribution is 7.92. The number of carbonyl (C=O) groups is 1. The molecule has 0 aliphatic rings. The summed E-state index contributed by atoms with van der Waals surface area (Å²) in [6.07, 6.45) is 0. The van der Waals surface area contributed by atoms with Crippen molar-refractivity contribution < 1.29 is 13.2 Å². The molecule has 33 heavy (non-hydrogen) atoms. The highest BCUT2D eigenvalue weighted by Crippen LogP contribution is 2.32. The lowest BCUT2D eigenvalue weighted by Crippen LogP contribution is -2.18. The van der Waals surface area contributed by atoms with Gasteiger partial charge in [-0.25, -0.2) is 18.4 Å². The van der Waals surface area contributed by atoms with Gasteiger partial charge in [-0.1, -0.05) is 42.5 Å². The summed E-state index contributed by atoms with van der Waals surface area (Å²) in [5.74, 6) is -0.466. The molecule has 5 rings (SSSR count). The summed E-state index contributed by atoms with van der Waals surface area (Å²) in [6.45, 7) is 0. The number of carbonyl (C=O) groups excluding carboxylic acids is 1. The normalized spacial score (nSPS) is 11.4. The van der Waals surface area contributed by atoms with Gasteiger partial charge in [0.2, 0.25) is 0 Å². The van der Waals surface area contributed by atoms with Crippen LogP contribution in [-0.2, 0) is 10.0 Å². The van der Waals surface area contributed by atoms with Crippen molar-refractivity contribution in [2.24, 2.45) is 0 Å². The number of sulfonamides is 1. The van der Waals surface area contributed by atoms with Crippen molar-refractivity contribution in [3.8, 4) is 10.7 Å². The molecule has 1 amide bonds. The first kappa shape index (κ1) is 21.3. The molecule has 0 unspecified atom stereocenters. The van der Waals surface area contributed by atoms with Crippen molar-refractivity contribution in [1.29, 1.82) is 0 Å². The Bertz CT molecular complexity index is 1530. The number of nitrogens with zero attached hydrogens (tertiary/aromatic N) is 2. The minimum Gasteiger partial charge on any atom is -0.298 e. The molecule has 2 heterocycles. The third-order valence-electron chi connectivity index (χ3n) is 4.71. The van der Waals surface area contributed by atoms with E-state index in [1.165, 1.54) is 34.8 Å². The lowest BCUT2D eigenvalue weighted by Gasteiger charge is -2.12. The van der Waals surface area contributed by atoms with Crippen molar-refractivity contribution in [2.75, 3.05) is 10.0 Å². The SMILES string of the molecule is O=C(Nc1nc(-c2nc3ccccc3s2)cs1)c1ccccc1NS(=O)(=O)c1ccccc1. The number of para-hydroxylation sites is 2. The van der Waals surface area contributed by atoms with Crippen molar-refractivity contribution in [3.63, 3.8) is 0 Å². The molecule has 0 atom stereocenters. The number of aromatic nitrogens is 2. The number of hydrogen-bond acceptors (Lipinski definition) is 7. The lowest BCUT2D eigenvalue weighted by atomic mass is 10.2. The molecule has 0 saturated carbocycles. The predicted molar refractivity (Wildman–Crippen MR) is 132 cm³/mol. The predicted octanol–water partition coefficient (Wildman–Crippen LogP) is 5.47.